The molecule has 1 N–H and O–H groups in total. The molecular formula is C15H12FN5O4S. The van der Waals surface area contributed by atoms with Crippen LogP contribution in [0.15, 0.2) is 59.8 Å². The summed E-state index contributed by atoms with van der Waals surface area (Å²) in [7, 11) is -3.98. The molecule has 0 atom stereocenters. The van der Waals surface area contributed by atoms with Crippen molar-refractivity contribution >= 4 is 21.7 Å². The Morgan fingerprint density at radius 2 is 1.77 bits per heavy atom. The van der Waals surface area contributed by atoms with Crippen molar-refractivity contribution in [1.82, 2.24) is 14.8 Å². The van der Waals surface area contributed by atoms with Gasteiger partial charge in [0.1, 0.15) is 12.1 Å². The first-order chi connectivity index (χ1) is 12.3. The van der Waals surface area contributed by atoms with E-state index in [0.29, 0.717) is 0 Å². The van der Waals surface area contributed by atoms with Gasteiger partial charge in [0.15, 0.2) is 0 Å². The predicted octanol–water partition coefficient (Wildman–Crippen LogP) is 2.17. The van der Waals surface area contributed by atoms with Crippen molar-refractivity contribution in [1.29, 1.82) is 0 Å². The van der Waals surface area contributed by atoms with Gasteiger partial charge in [-0.05, 0) is 29.8 Å². The molecule has 0 saturated carbocycles. The third-order valence-corrected chi connectivity index (χ3v) is 4.72. The maximum atomic E-state index is 12.9. The molecule has 0 aliphatic rings. The number of nitrogens with one attached hydrogen (secondary N) is 1. The maximum Gasteiger partial charge on any atom is 0.269 e. The Bertz CT molecular complexity index is 1030. The molecule has 3 aromatic rings. The topological polar surface area (TPSA) is 120 Å². The highest BCUT2D eigenvalue weighted by Gasteiger charge is 2.18. The fraction of sp³-hybridized carbons (Fsp3) is 0.0667. The highest BCUT2D eigenvalue weighted by Crippen LogP contribution is 2.17. The molecule has 1 heterocycles. The van der Waals surface area contributed by atoms with Crippen LogP contribution in [0, 0.1) is 15.9 Å². The second-order valence-electron chi connectivity index (χ2n) is 5.25. The van der Waals surface area contributed by atoms with Crippen LogP contribution in [0.25, 0.3) is 0 Å². The average molecular weight is 377 g/mol. The van der Waals surface area contributed by atoms with Crippen LogP contribution >= 0.6 is 0 Å². The number of nitro benzene ring substituents is 1. The van der Waals surface area contributed by atoms with Crippen LogP contribution in [-0.2, 0) is 16.6 Å². The van der Waals surface area contributed by atoms with E-state index >= 15 is 0 Å². The lowest BCUT2D eigenvalue weighted by Crippen LogP contribution is -2.14. The predicted molar refractivity (Wildman–Crippen MR) is 89.4 cm³/mol. The zero-order valence-corrected chi connectivity index (χ0v) is 13.9. The number of aromatic nitrogens is 3. The van der Waals surface area contributed by atoms with Gasteiger partial charge in [0.2, 0.25) is 0 Å². The fourth-order valence-corrected chi connectivity index (χ4v) is 3.07. The average Bonchev–Trinajstić information content (AvgIpc) is 3.03. The molecule has 0 aliphatic heterocycles. The molecule has 9 nitrogen and oxygen atoms in total. The molecule has 26 heavy (non-hydrogen) atoms. The monoisotopic (exact) mass is 377 g/mol. The molecule has 2 aromatic carbocycles. The number of hydrogen-bond donors (Lipinski definition) is 1. The number of halogens is 1. The number of rotatable bonds is 6. The number of non-ortho nitro benzene ring substituents is 1. The zero-order valence-electron chi connectivity index (χ0n) is 13.1. The summed E-state index contributed by atoms with van der Waals surface area (Å²) < 4.78 is 41.0. The first kappa shape index (κ1) is 17.5. The number of anilines is 1. The highest BCUT2D eigenvalue weighted by molar-refractivity contribution is 7.92. The minimum atomic E-state index is -3.98. The van der Waals surface area contributed by atoms with Crippen molar-refractivity contribution < 1.29 is 17.7 Å². The molecule has 0 radical (unpaired) electrons. The summed E-state index contributed by atoms with van der Waals surface area (Å²) >= 11 is 0. The van der Waals surface area contributed by atoms with Gasteiger partial charge in [0, 0.05) is 12.1 Å². The van der Waals surface area contributed by atoms with Crippen molar-refractivity contribution in [2.24, 2.45) is 0 Å². The van der Waals surface area contributed by atoms with E-state index in [1.54, 1.807) is 12.1 Å². The molecule has 0 amide bonds. The van der Waals surface area contributed by atoms with Gasteiger partial charge in [-0.1, -0.05) is 12.1 Å². The fourth-order valence-electron chi connectivity index (χ4n) is 2.12. The minimum absolute atomic E-state index is 0.148. The Kier molecular flexibility index (Phi) is 4.63. The summed E-state index contributed by atoms with van der Waals surface area (Å²) in [5.74, 6) is -0.505. The van der Waals surface area contributed by atoms with Crippen LogP contribution < -0.4 is 4.72 Å². The Labute approximate surface area is 147 Å². The standard InChI is InChI=1S/C15H12FN5O4S/c16-12-3-1-11(2-4-12)9-20-10-17-15(18-20)19-26(24,25)14-7-5-13(6-8-14)21(22)23/h1-8,10H,9H2,(H,18,19). The summed E-state index contributed by atoms with van der Waals surface area (Å²) in [6, 6.07) is 10.2. The van der Waals surface area contributed by atoms with Crippen molar-refractivity contribution in [3.63, 3.8) is 0 Å². The van der Waals surface area contributed by atoms with Gasteiger partial charge in [-0.25, -0.2) is 22.2 Å². The van der Waals surface area contributed by atoms with E-state index in [1.165, 1.54) is 23.1 Å². The molecule has 0 saturated heterocycles. The minimum Gasteiger partial charge on any atom is -0.258 e. The number of sulfonamides is 1. The number of nitrogens with zero attached hydrogens (tertiary/aromatic N) is 4. The van der Waals surface area contributed by atoms with Gasteiger partial charge in [0.05, 0.1) is 16.4 Å². The van der Waals surface area contributed by atoms with Crippen molar-refractivity contribution in [3.05, 3.63) is 76.4 Å². The summed E-state index contributed by atoms with van der Waals surface area (Å²) in [5, 5.41) is 14.6. The quantitative estimate of drug-likeness (QED) is 0.519. The third-order valence-electron chi connectivity index (χ3n) is 3.38. The molecule has 0 spiro atoms. The van der Waals surface area contributed by atoms with Crippen LogP contribution in [0.5, 0.6) is 0 Å². The molecule has 1 aromatic heterocycles. The van der Waals surface area contributed by atoms with Crippen molar-refractivity contribution in [2.75, 3.05) is 4.72 Å². The van der Waals surface area contributed by atoms with Crippen LogP contribution in [0.3, 0.4) is 0 Å². The Morgan fingerprint density at radius 1 is 1.12 bits per heavy atom. The van der Waals surface area contributed by atoms with Gasteiger partial charge in [0.25, 0.3) is 21.7 Å². The second-order valence-corrected chi connectivity index (χ2v) is 6.93. The lowest BCUT2D eigenvalue weighted by Gasteiger charge is -2.04. The van der Waals surface area contributed by atoms with E-state index in [2.05, 4.69) is 14.8 Å². The van der Waals surface area contributed by atoms with Crippen LogP contribution in [-0.4, -0.2) is 28.1 Å². The molecule has 0 fully saturated rings. The smallest absolute Gasteiger partial charge is 0.258 e. The van der Waals surface area contributed by atoms with E-state index in [0.717, 1.165) is 29.8 Å². The van der Waals surface area contributed by atoms with E-state index < -0.39 is 14.9 Å². The summed E-state index contributed by atoms with van der Waals surface area (Å²) in [5.41, 5.74) is 0.548. The summed E-state index contributed by atoms with van der Waals surface area (Å²) in [4.78, 5) is 13.7. The molecule has 3 rings (SSSR count). The van der Waals surface area contributed by atoms with Crippen LogP contribution in [0.2, 0.25) is 0 Å². The molecule has 0 unspecified atom stereocenters. The maximum absolute atomic E-state index is 12.9. The lowest BCUT2D eigenvalue weighted by molar-refractivity contribution is -0.384. The van der Waals surface area contributed by atoms with Gasteiger partial charge in [-0.15, -0.1) is 5.10 Å². The summed E-state index contributed by atoms with van der Waals surface area (Å²) in [6.45, 7) is 0.284. The largest absolute Gasteiger partial charge is 0.269 e. The van der Waals surface area contributed by atoms with E-state index in [1.807, 2.05) is 0 Å². The van der Waals surface area contributed by atoms with Gasteiger partial charge >= 0.3 is 0 Å². The first-order valence-electron chi connectivity index (χ1n) is 7.25. The molecule has 134 valence electrons. The SMILES string of the molecule is O=[N+]([O-])c1ccc(S(=O)(=O)Nc2ncn(Cc3ccc(F)cc3)n2)cc1. The number of nitro groups is 1. The van der Waals surface area contributed by atoms with Gasteiger partial charge in [-0.2, -0.15) is 4.98 Å². The van der Waals surface area contributed by atoms with E-state index in [9.17, 15) is 22.9 Å². The Balaban J connectivity index is 1.73. The van der Waals surface area contributed by atoms with Crippen molar-refractivity contribution in [2.45, 2.75) is 11.4 Å². The number of hydrogen-bond acceptors (Lipinski definition) is 6. The summed E-state index contributed by atoms with van der Waals surface area (Å²) in [6.07, 6.45) is 1.33. The molecule has 11 heteroatoms. The molecule has 0 aliphatic carbocycles. The van der Waals surface area contributed by atoms with E-state index in [-0.39, 0.29) is 28.9 Å². The Morgan fingerprint density at radius 3 is 2.38 bits per heavy atom. The molecule has 0 bridgehead atoms. The van der Waals surface area contributed by atoms with Gasteiger partial charge < -0.3 is 0 Å². The normalized spacial score (nSPS) is 11.3. The van der Waals surface area contributed by atoms with Crippen molar-refractivity contribution in [3.8, 4) is 0 Å². The first-order valence-corrected chi connectivity index (χ1v) is 8.73. The highest BCUT2D eigenvalue weighted by atomic mass is 32.2. The lowest BCUT2D eigenvalue weighted by atomic mass is 10.2. The van der Waals surface area contributed by atoms with Crippen LogP contribution in [0.1, 0.15) is 5.56 Å². The van der Waals surface area contributed by atoms with E-state index in [4.69, 9.17) is 0 Å². The second kappa shape index (κ2) is 6.88. The van der Waals surface area contributed by atoms with Gasteiger partial charge in [-0.3, -0.25) is 10.1 Å². The molecular weight excluding hydrogens is 365 g/mol. The zero-order chi connectivity index (χ0) is 18.7. The third kappa shape index (κ3) is 4.00. The van der Waals surface area contributed by atoms with Crippen LogP contribution in [0.4, 0.5) is 16.0 Å². The number of benzene rings is 2. The Hall–Kier alpha value is -3.34.